The lowest BCUT2D eigenvalue weighted by Gasteiger charge is -2.22. The molecule has 0 aliphatic rings. The monoisotopic (exact) mass is 415 g/mol. The Labute approximate surface area is 173 Å². The molecule has 0 radical (unpaired) electrons. The van der Waals surface area contributed by atoms with Crippen LogP contribution in [0.15, 0.2) is 27.8 Å². The van der Waals surface area contributed by atoms with Crippen LogP contribution in [0.5, 0.6) is 11.5 Å². The number of benzene rings is 1. The highest BCUT2D eigenvalue weighted by molar-refractivity contribution is 5.94. The van der Waals surface area contributed by atoms with E-state index in [9.17, 15) is 19.6 Å². The number of hydrogen-bond donors (Lipinski definition) is 1. The van der Waals surface area contributed by atoms with Gasteiger partial charge in [0.25, 0.3) is 5.56 Å². The number of anilines is 2. The highest BCUT2D eigenvalue weighted by Gasteiger charge is 2.20. The lowest BCUT2D eigenvalue weighted by molar-refractivity contribution is -0.114. The second-order valence-corrected chi connectivity index (χ2v) is 6.45. The number of nitriles is 1. The molecule has 2 rings (SSSR count). The van der Waals surface area contributed by atoms with Crippen molar-refractivity contribution in [3.63, 3.8) is 0 Å². The molecular weight excluding hydrogens is 390 g/mol. The molecule has 0 fully saturated rings. The fraction of sp³-hybridized carbons (Fsp3) is 0.400. The van der Waals surface area contributed by atoms with Crippen LogP contribution in [0.1, 0.15) is 19.4 Å². The van der Waals surface area contributed by atoms with Crippen LogP contribution in [-0.2, 0) is 18.9 Å². The molecule has 0 aliphatic carbocycles. The zero-order valence-corrected chi connectivity index (χ0v) is 17.7. The molecule has 1 amide bonds. The Hall–Kier alpha value is -3.74. The van der Waals surface area contributed by atoms with Crippen LogP contribution in [0.4, 0.5) is 11.5 Å². The van der Waals surface area contributed by atoms with Crippen LogP contribution in [0.2, 0.25) is 0 Å². The number of nitrogens with one attached hydrogen (secondary N) is 1. The highest BCUT2D eigenvalue weighted by Crippen LogP contribution is 2.30. The lowest BCUT2D eigenvalue weighted by Crippen LogP contribution is -2.43. The van der Waals surface area contributed by atoms with E-state index in [2.05, 4.69) is 5.32 Å². The van der Waals surface area contributed by atoms with E-state index in [1.54, 1.807) is 18.2 Å². The molecule has 1 aromatic heterocycles. The van der Waals surface area contributed by atoms with Crippen molar-refractivity contribution >= 4 is 17.4 Å². The van der Waals surface area contributed by atoms with E-state index < -0.39 is 17.2 Å². The van der Waals surface area contributed by atoms with Crippen LogP contribution < -0.4 is 30.9 Å². The molecule has 160 valence electrons. The number of carbonyl (C=O) groups is 1. The molecule has 10 heteroatoms. The third-order valence-corrected chi connectivity index (χ3v) is 4.31. The minimum absolute atomic E-state index is 0.0717. The van der Waals surface area contributed by atoms with Crippen LogP contribution in [-0.4, -0.2) is 41.8 Å². The van der Waals surface area contributed by atoms with E-state index >= 15 is 0 Å². The van der Waals surface area contributed by atoms with E-state index in [1.165, 1.54) is 26.0 Å². The molecule has 0 spiro atoms. The van der Waals surface area contributed by atoms with Crippen molar-refractivity contribution in [3.8, 4) is 17.6 Å². The number of aromatic nitrogens is 2. The smallest absolute Gasteiger partial charge is 0.332 e. The van der Waals surface area contributed by atoms with Crippen LogP contribution >= 0.6 is 0 Å². The fourth-order valence-electron chi connectivity index (χ4n) is 3.00. The number of likely N-dealkylation sites (N-methyl/N-ethyl adjacent to an activating group) is 1. The van der Waals surface area contributed by atoms with Crippen LogP contribution in [0.25, 0.3) is 0 Å². The molecule has 0 bridgehead atoms. The zero-order chi connectivity index (χ0) is 22.4. The lowest BCUT2D eigenvalue weighted by atomic mass is 10.2. The van der Waals surface area contributed by atoms with Gasteiger partial charge in [0, 0.05) is 32.9 Å². The van der Waals surface area contributed by atoms with Gasteiger partial charge in [0.05, 0.1) is 19.8 Å². The Balaban J connectivity index is 2.26. The highest BCUT2D eigenvalue weighted by atomic mass is 16.5. The predicted octanol–water partition coefficient (Wildman–Crippen LogP) is 0.828. The topological polar surface area (TPSA) is 119 Å². The van der Waals surface area contributed by atoms with E-state index in [1.807, 2.05) is 19.9 Å². The number of hydrogen-bond acceptors (Lipinski definition) is 7. The minimum atomic E-state index is -0.712. The van der Waals surface area contributed by atoms with E-state index in [0.717, 1.165) is 9.13 Å². The maximum atomic E-state index is 12.5. The summed E-state index contributed by atoms with van der Waals surface area (Å²) >= 11 is 0. The molecule has 30 heavy (non-hydrogen) atoms. The van der Waals surface area contributed by atoms with Crippen molar-refractivity contribution in [3.05, 3.63) is 44.6 Å². The summed E-state index contributed by atoms with van der Waals surface area (Å²) in [7, 11) is 4.26. The quantitative estimate of drug-likeness (QED) is 0.678. The summed E-state index contributed by atoms with van der Waals surface area (Å²) in [4.78, 5) is 38.4. The second kappa shape index (κ2) is 9.65. The van der Waals surface area contributed by atoms with Gasteiger partial charge in [-0.2, -0.15) is 5.26 Å². The Kier molecular flexibility index (Phi) is 7.25. The third kappa shape index (κ3) is 4.63. The van der Waals surface area contributed by atoms with Gasteiger partial charge < -0.3 is 19.7 Å². The average molecular weight is 415 g/mol. The first-order chi connectivity index (χ1) is 14.2. The molecule has 2 aromatic rings. The maximum Gasteiger partial charge on any atom is 0.332 e. The van der Waals surface area contributed by atoms with Crippen molar-refractivity contribution in [1.29, 1.82) is 5.26 Å². The molecule has 0 saturated heterocycles. The number of nitrogens with zero attached hydrogens (tertiary/aromatic N) is 4. The van der Waals surface area contributed by atoms with E-state index in [4.69, 9.17) is 9.47 Å². The summed E-state index contributed by atoms with van der Waals surface area (Å²) < 4.78 is 13.1. The van der Waals surface area contributed by atoms with Gasteiger partial charge in [0.15, 0.2) is 17.1 Å². The van der Waals surface area contributed by atoms with Gasteiger partial charge in [-0.25, -0.2) is 4.79 Å². The van der Waals surface area contributed by atoms with Gasteiger partial charge >= 0.3 is 5.69 Å². The molecule has 0 saturated carbocycles. The summed E-state index contributed by atoms with van der Waals surface area (Å²) in [6.07, 6.45) is 0. The summed E-state index contributed by atoms with van der Waals surface area (Å²) in [6.45, 7) is 4.44. The number of carbonyl (C=O) groups excluding carboxylic acids is 1. The Morgan fingerprint density at radius 3 is 2.37 bits per heavy atom. The maximum absolute atomic E-state index is 12.5. The van der Waals surface area contributed by atoms with Gasteiger partial charge in [0.1, 0.15) is 11.9 Å². The number of ether oxygens (including phenoxy) is 2. The molecule has 0 atom stereocenters. The molecule has 0 unspecified atom stereocenters. The summed E-state index contributed by atoms with van der Waals surface area (Å²) in [5, 5.41) is 12.1. The predicted molar refractivity (Wildman–Crippen MR) is 112 cm³/mol. The third-order valence-electron chi connectivity index (χ3n) is 4.31. The molecule has 1 N–H and O–H groups in total. The Bertz CT molecular complexity index is 1100. The van der Waals surface area contributed by atoms with Crippen molar-refractivity contribution < 1.29 is 14.3 Å². The van der Waals surface area contributed by atoms with Gasteiger partial charge in [-0.3, -0.25) is 18.7 Å². The molecule has 1 aromatic carbocycles. The second-order valence-electron chi connectivity index (χ2n) is 6.45. The summed E-state index contributed by atoms with van der Waals surface area (Å²) in [5.41, 5.74) is -1.02. The van der Waals surface area contributed by atoms with E-state index in [-0.39, 0.29) is 17.9 Å². The number of amides is 1. The van der Waals surface area contributed by atoms with Gasteiger partial charge in [-0.15, -0.1) is 0 Å². The first-order valence-corrected chi connectivity index (χ1v) is 9.35. The first kappa shape index (κ1) is 22.5. The van der Waals surface area contributed by atoms with Crippen molar-refractivity contribution in [2.45, 2.75) is 13.8 Å². The number of rotatable bonds is 8. The summed E-state index contributed by atoms with van der Waals surface area (Å²) in [5.74, 6) is 0.748. The Morgan fingerprint density at radius 2 is 1.77 bits per heavy atom. The Morgan fingerprint density at radius 1 is 1.13 bits per heavy atom. The standard InChI is InChI=1S/C20H25N5O5/c1-6-29-15-9-8-13(10-16(15)30-7-2)22-17(26)12-23(3)18-14(11-21)19(27)25(5)20(28)24(18)4/h8-10H,6-7,12H2,1-5H3,(H,22,26). The van der Waals surface area contributed by atoms with Crippen molar-refractivity contribution in [2.75, 3.05) is 37.0 Å². The average Bonchev–Trinajstić information content (AvgIpc) is 2.70. The van der Waals surface area contributed by atoms with Gasteiger partial charge in [-0.1, -0.05) is 0 Å². The largest absolute Gasteiger partial charge is 0.490 e. The molecule has 0 aliphatic heterocycles. The zero-order valence-electron chi connectivity index (χ0n) is 17.7. The van der Waals surface area contributed by atoms with Crippen LogP contribution in [0.3, 0.4) is 0 Å². The first-order valence-electron chi connectivity index (χ1n) is 9.35. The normalized spacial score (nSPS) is 10.3. The van der Waals surface area contributed by atoms with Crippen molar-refractivity contribution in [2.24, 2.45) is 14.1 Å². The van der Waals surface area contributed by atoms with Crippen molar-refractivity contribution in [1.82, 2.24) is 9.13 Å². The molecular formula is C20H25N5O5. The van der Waals surface area contributed by atoms with Gasteiger partial charge in [-0.05, 0) is 26.0 Å². The SMILES string of the molecule is CCOc1ccc(NC(=O)CN(C)c2c(C#N)c(=O)n(C)c(=O)n2C)cc1OCC. The van der Waals surface area contributed by atoms with E-state index in [0.29, 0.717) is 30.4 Å². The fourth-order valence-corrected chi connectivity index (χ4v) is 3.00. The molecule has 10 nitrogen and oxygen atoms in total. The van der Waals surface area contributed by atoms with Crippen LogP contribution in [0, 0.1) is 11.3 Å². The van der Waals surface area contributed by atoms with Gasteiger partial charge in [0.2, 0.25) is 5.91 Å². The minimum Gasteiger partial charge on any atom is -0.490 e. The molecule has 1 heterocycles. The summed E-state index contributed by atoms with van der Waals surface area (Å²) in [6, 6.07) is 6.85.